The van der Waals surface area contributed by atoms with Crippen molar-refractivity contribution >= 4 is 29.5 Å². The number of rotatable bonds is 5. The standard InChI is InChI=1S/C19H21N3O5/c1-10(2)20-15(23)7-4-11-3-5-12-13(9-11)19(27)22(18(12)26)14-6-8-16(24)21-17(14)25/h3,5,9-10,14H,4,6-8H2,1-2H3,(H,20,23)(H,21,24,25). The highest BCUT2D eigenvalue weighted by Crippen LogP contribution is 2.28. The van der Waals surface area contributed by atoms with Gasteiger partial charge in [-0.25, -0.2) is 0 Å². The van der Waals surface area contributed by atoms with Crippen molar-refractivity contribution in [2.45, 2.75) is 51.6 Å². The molecule has 27 heavy (non-hydrogen) atoms. The molecule has 2 heterocycles. The molecule has 142 valence electrons. The van der Waals surface area contributed by atoms with Crippen molar-refractivity contribution in [3.8, 4) is 0 Å². The highest BCUT2D eigenvalue weighted by Gasteiger charge is 2.44. The minimum absolute atomic E-state index is 0.0544. The summed E-state index contributed by atoms with van der Waals surface area (Å²) in [6, 6.07) is 3.94. The van der Waals surface area contributed by atoms with Gasteiger partial charge in [0.15, 0.2) is 0 Å². The first-order valence-electron chi connectivity index (χ1n) is 8.92. The van der Waals surface area contributed by atoms with Crippen LogP contribution in [0.3, 0.4) is 0 Å². The van der Waals surface area contributed by atoms with E-state index in [0.717, 1.165) is 10.5 Å². The molecule has 0 saturated carbocycles. The molecule has 1 unspecified atom stereocenters. The molecule has 8 heteroatoms. The molecule has 0 bridgehead atoms. The summed E-state index contributed by atoms with van der Waals surface area (Å²) in [6.45, 7) is 3.75. The van der Waals surface area contributed by atoms with Gasteiger partial charge in [0.1, 0.15) is 6.04 Å². The van der Waals surface area contributed by atoms with Crippen LogP contribution in [0.2, 0.25) is 0 Å². The van der Waals surface area contributed by atoms with Gasteiger partial charge in [-0.15, -0.1) is 0 Å². The van der Waals surface area contributed by atoms with Crippen molar-refractivity contribution in [3.05, 3.63) is 34.9 Å². The first-order chi connectivity index (χ1) is 12.8. The fourth-order valence-electron chi connectivity index (χ4n) is 3.33. The van der Waals surface area contributed by atoms with E-state index in [1.165, 1.54) is 0 Å². The lowest BCUT2D eigenvalue weighted by molar-refractivity contribution is -0.136. The van der Waals surface area contributed by atoms with Gasteiger partial charge in [-0.2, -0.15) is 0 Å². The molecule has 0 spiro atoms. The summed E-state index contributed by atoms with van der Waals surface area (Å²) in [7, 11) is 0. The summed E-state index contributed by atoms with van der Waals surface area (Å²) in [5.41, 5.74) is 1.23. The van der Waals surface area contributed by atoms with Crippen LogP contribution in [0.25, 0.3) is 0 Å². The Morgan fingerprint density at radius 3 is 2.56 bits per heavy atom. The van der Waals surface area contributed by atoms with Crippen molar-refractivity contribution in [2.75, 3.05) is 0 Å². The van der Waals surface area contributed by atoms with Crippen LogP contribution in [-0.4, -0.2) is 46.5 Å². The second-order valence-electron chi connectivity index (χ2n) is 7.05. The number of hydrogen-bond acceptors (Lipinski definition) is 5. The lowest BCUT2D eigenvalue weighted by atomic mass is 10.0. The molecule has 5 amide bonds. The zero-order valence-corrected chi connectivity index (χ0v) is 15.2. The van der Waals surface area contributed by atoms with Gasteiger partial charge in [0.2, 0.25) is 17.7 Å². The Morgan fingerprint density at radius 2 is 1.89 bits per heavy atom. The predicted molar refractivity (Wildman–Crippen MR) is 94.7 cm³/mol. The van der Waals surface area contributed by atoms with Crippen molar-refractivity contribution in [3.63, 3.8) is 0 Å². The van der Waals surface area contributed by atoms with Gasteiger partial charge in [-0.05, 0) is 44.4 Å². The summed E-state index contributed by atoms with van der Waals surface area (Å²) in [5.74, 6) is -2.20. The number of amides is 5. The van der Waals surface area contributed by atoms with Crippen LogP contribution in [0, 0.1) is 0 Å². The molecule has 0 radical (unpaired) electrons. The molecular weight excluding hydrogens is 350 g/mol. The number of fused-ring (bicyclic) bond motifs is 1. The highest BCUT2D eigenvalue weighted by molar-refractivity contribution is 6.23. The Morgan fingerprint density at radius 1 is 1.19 bits per heavy atom. The van der Waals surface area contributed by atoms with Gasteiger partial charge < -0.3 is 5.32 Å². The van der Waals surface area contributed by atoms with Crippen LogP contribution >= 0.6 is 0 Å². The molecule has 1 atom stereocenters. The van der Waals surface area contributed by atoms with Gasteiger partial charge in [0.05, 0.1) is 11.1 Å². The number of nitrogens with zero attached hydrogens (tertiary/aromatic N) is 1. The molecule has 2 N–H and O–H groups in total. The smallest absolute Gasteiger partial charge is 0.262 e. The Balaban J connectivity index is 1.75. The molecule has 8 nitrogen and oxygen atoms in total. The third-order valence-electron chi connectivity index (χ3n) is 4.59. The number of carbonyl (C=O) groups excluding carboxylic acids is 5. The van der Waals surface area contributed by atoms with Crippen LogP contribution in [-0.2, 0) is 20.8 Å². The van der Waals surface area contributed by atoms with E-state index in [9.17, 15) is 24.0 Å². The number of nitrogens with one attached hydrogen (secondary N) is 2. The van der Waals surface area contributed by atoms with Gasteiger partial charge in [-0.1, -0.05) is 6.07 Å². The summed E-state index contributed by atoms with van der Waals surface area (Å²) in [5, 5.41) is 4.96. The third kappa shape index (κ3) is 3.74. The second-order valence-corrected chi connectivity index (χ2v) is 7.05. The van der Waals surface area contributed by atoms with Crippen LogP contribution in [0.4, 0.5) is 0 Å². The van der Waals surface area contributed by atoms with E-state index in [0.29, 0.717) is 6.42 Å². The molecule has 3 rings (SSSR count). The van der Waals surface area contributed by atoms with Gasteiger partial charge in [-0.3, -0.25) is 34.2 Å². The summed E-state index contributed by atoms with van der Waals surface area (Å²) >= 11 is 0. The van der Waals surface area contributed by atoms with Crippen LogP contribution in [0.1, 0.15) is 59.4 Å². The molecule has 1 fully saturated rings. The first kappa shape index (κ1) is 18.8. The Bertz CT molecular complexity index is 846. The zero-order chi connectivity index (χ0) is 19.7. The average Bonchev–Trinajstić information content (AvgIpc) is 2.84. The number of aryl methyl sites for hydroxylation is 1. The molecule has 2 aliphatic heterocycles. The maximum Gasteiger partial charge on any atom is 0.262 e. The van der Waals surface area contributed by atoms with E-state index in [2.05, 4.69) is 10.6 Å². The van der Waals surface area contributed by atoms with Gasteiger partial charge in [0.25, 0.3) is 11.8 Å². The Hall–Kier alpha value is -3.03. The molecule has 1 aromatic carbocycles. The van der Waals surface area contributed by atoms with Crippen molar-refractivity contribution in [1.82, 2.24) is 15.5 Å². The number of carbonyl (C=O) groups is 5. The first-order valence-corrected chi connectivity index (χ1v) is 8.92. The van der Waals surface area contributed by atoms with E-state index < -0.39 is 29.7 Å². The number of imide groups is 2. The predicted octanol–water partition coefficient (Wildman–Crippen LogP) is 0.545. The van der Waals surface area contributed by atoms with Gasteiger partial charge in [0, 0.05) is 18.9 Å². The highest BCUT2D eigenvalue weighted by atomic mass is 16.2. The Labute approximate surface area is 156 Å². The van der Waals surface area contributed by atoms with E-state index in [1.807, 2.05) is 13.8 Å². The van der Waals surface area contributed by atoms with Crippen molar-refractivity contribution in [2.24, 2.45) is 0 Å². The van der Waals surface area contributed by atoms with Crippen LogP contribution < -0.4 is 10.6 Å². The van der Waals surface area contributed by atoms with Crippen molar-refractivity contribution in [1.29, 1.82) is 0 Å². The normalized spacial score (nSPS) is 19.4. The number of benzene rings is 1. The monoisotopic (exact) mass is 371 g/mol. The molecule has 0 aliphatic carbocycles. The van der Waals surface area contributed by atoms with Gasteiger partial charge >= 0.3 is 0 Å². The number of piperidine rings is 1. The number of hydrogen-bond donors (Lipinski definition) is 2. The third-order valence-corrected chi connectivity index (χ3v) is 4.59. The molecule has 2 aliphatic rings. The topological polar surface area (TPSA) is 113 Å². The molecule has 1 aromatic rings. The van der Waals surface area contributed by atoms with E-state index in [4.69, 9.17) is 0 Å². The van der Waals surface area contributed by atoms with E-state index in [1.54, 1.807) is 18.2 Å². The lowest BCUT2D eigenvalue weighted by Crippen LogP contribution is -2.54. The summed E-state index contributed by atoms with van der Waals surface area (Å²) in [6.07, 6.45) is 0.917. The van der Waals surface area contributed by atoms with Crippen LogP contribution in [0.15, 0.2) is 18.2 Å². The van der Waals surface area contributed by atoms with E-state index in [-0.39, 0.29) is 42.3 Å². The fourth-order valence-corrected chi connectivity index (χ4v) is 3.33. The molecule has 0 aromatic heterocycles. The SMILES string of the molecule is CC(C)NC(=O)CCc1ccc2c(c1)C(=O)N(C1CCC(=O)NC1=O)C2=O. The maximum absolute atomic E-state index is 12.7. The summed E-state index contributed by atoms with van der Waals surface area (Å²) < 4.78 is 0. The minimum Gasteiger partial charge on any atom is -0.354 e. The maximum atomic E-state index is 12.7. The lowest BCUT2D eigenvalue weighted by Gasteiger charge is -2.27. The fraction of sp³-hybridized carbons (Fsp3) is 0.421. The molecule has 1 saturated heterocycles. The summed E-state index contributed by atoms with van der Waals surface area (Å²) in [4.78, 5) is 61.4. The molecular formula is C19H21N3O5. The quantitative estimate of drug-likeness (QED) is 0.734. The largest absolute Gasteiger partial charge is 0.354 e. The van der Waals surface area contributed by atoms with E-state index >= 15 is 0 Å². The average molecular weight is 371 g/mol. The van der Waals surface area contributed by atoms with Crippen LogP contribution in [0.5, 0.6) is 0 Å². The second kappa shape index (κ2) is 7.30. The zero-order valence-electron chi connectivity index (χ0n) is 15.2. The minimum atomic E-state index is -0.977. The van der Waals surface area contributed by atoms with Crippen molar-refractivity contribution < 1.29 is 24.0 Å². The Kier molecular flexibility index (Phi) is 5.07.